The Bertz CT molecular complexity index is 754. The number of benzene rings is 1. The molecule has 2 N–H and O–H groups in total. The van der Waals surface area contributed by atoms with Crippen LogP contribution in [-0.2, 0) is 16.1 Å². The van der Waals surface area contributed by atoms with Crippen molar-refractivity contribution in [3.05, 3.63) is 53.3 Å². The first kappa shape index (κ1) is 17.2. The molecule has 0 spiro atoms. The van der Waals surface area contributed by atoms with Crippen molar-refractivity contribution in [1.29, 1.82) is 0 Å². The highest BCUT2D eigenvalue weighted by Crippen LogP contribution is 2.28. The average molecular weight is 343 g/mol. The van der Waals surface area contributed by atoms with E-state index in [1.807, 2.05) is 31.2 Å². The highest BCUT2D eigenvalue weighted by Gasteiger charge is 2.28. The van der Waals surface area contributed by atoms with Gasteiger partial charge in [0, 0.05) is 12.8 Å². The van der Waals surface area contributed by atoms with Crippen LogP contribution in [0.2, 0.25) is 0 Å². The maximum Gasteiger partial charge on any atom is 0.338 e. The second kappa shape index (κ2) is 7.48. The number of aromatic nitrogens is 2. The van der Waals surface area contributed by atoms with Gasteiger partial charge in [-0.05, 0) is 25.3 Å². The summed E-state index contributed by atoms with van der Waals surface area (Å²) >= 11 is 0. The van der Waals surface area contributed by atoms with E-state index in [-0.39, 0.29) is 30.2 Å². The molecule has 1 saturated heterocycles. The maximum atomic E-state index is 12.3. The number of carbonyl (C=O) groups excluding carboxylic acids is 1. The van der Waals surface area contributed by atoms with Crippen molar-refractivity contribution in [3.8, 4) is 0 Å². The first-order chi connectivity index (χ1) is 12.0. The van der Waals surface area contributed by atoms with Gasteiger partial charge in [-0.25, -0.2) is 4.79 Å². The SMILES string of the molecule is Cc1ccc([C@@H]2OCCC[C@H]2NC(=O)Cn2cc(C(=O)O)cn2)cc1. The van der Waals surface area contributed by atoms with Crippen LogP contribution >= 0.6 is 0 Å². The summed E-state index contributed by atoms with van der Waals surface area (Å²) < 4.78 is 7.21. The summed E-state index contributed by atoms with van der Waals surface area (Å²) in [4.78, 5) is 23.2. The number of aryl methyl sites for hydroxylation is 1. The number of carboxylic acids is 1. The van der Waals surface area contributed by atoms with E-state index in [0.717, 1.165) is 18.4 Å². The van der Waals surface area contributed by atoms with E-state index < -0.39 is 5.97 Å². The molecule has 7 heteroatoms. The fraction of sp³-hybridized carbons (Fsp3) is 0.389. The van der Waals surface area contributed by atoms with Crippen LogP contribution in [0.1, 0.15) is 40.4 Å². The molecule has 0 bridgehead atoms. The molecule has 1 aromatic heterocycles. The van der Waals surface area contributed by atoms with Gasteiger partial charge >= 0.3 is 5.97 Å². The summed E-state index contributed by atoms with van der Waals surface area (Å²) in [6.45, 7) is 2.68. The number of hydrogen-bond acceptors (Lipinski definition) is 4. The molecule has 0 saturated carbocycles. The molecule has 1 amide bonds. The highest BCUT2D eigenvalue weighted by atomic mass is 16.5. The number of carboxylic acid groups (broad SMARTS) is 1. The van der Waals surface area contributed by atoms with Crippen LogP contribution < -0.4 is 5.32 Å². The van der Waals surface area contributed by atoms with Gasteiger partial charge in [0.2, 0.25) is 5.91 Å². The predicted octanol–water partition coefficient (Wildman–Crippen LogP) is 1.93. The lowest BCUT2D eigenvalue weighted by Crippen LogP contribution is -2.44. The van der Waals surface area contributed by atoms with Gasteiger partial charge in [0.25, 0.3) is 0 Å². The van der Waals surface area contributed by atoms with E-state index in [0.29, 0.717) is 6.61 Å². The Balaban J connectivity index is 1.65. The Labute approximate surface area is 145 Å². The minimum atomic E-state index is -1.06. The van der Waals surface area contributed by atoms with E-state index in [1.54, 1.807) is 0 Å². The standard InChI is InChI=1S/C18H21N3O4/c1-12-4-6-13(7-5-12)17-15(3-2-8-25-17)20-16(22)11-21-10-14(9-19-21)18(23)24/h4-7,9-10,15,17H,2-3,8,11H2,1H3,(H,20,22)(H,23,24)/t15-,17+/m1/s1. The molecular weight excluding hydrogens is 322 g/mol. The van der Waals surface area contributed by atoms with E-state index in [4.69, 9.17) is 9.84 Å². The second-order valence-corrected chi connectivity index (χ2v) is 6.25. The van der Waals surface area contributed by atoms with Crippen LogP contribution in [0.4, 0.5) is 0 Å². The lowest BCUT2D eigenvalue weighted by Gasteiger charge is -2.32. The summed E-state index contributed by atoms with van der Waals surface area (Å²) in [6.07, 6.45) is 4.12. The molecule has 1 aliphatic rings. The second-order valence-electron chi connectivity index (χ2n) is 6.25. The summed E-state index contributed by atoms with van der Waals surface area (Å²) in [7, 11) is 0. The first-order valence-electron chi connectivity index (χ1n) is 8.26. The molecule has 1 aromatic carbocycles. The number of hydrogen-bond donors (Lipinski definition) is 2. The van der Waals surface area contributed by atoms with Gasteiger partial charge in [-0.1, -0.05) is 29.8 Å². The Kier molecular flexibility index (Phi) is 5.14. The van der Waals surface area contributed by atoms with Crippen molar-refractivity contribution in [2.45, 2.75) is 38.5 Å². The van der Waals surface area contributed by atoms with E-state index in [9.17, 15) is 9.59 Å². The Morgan fingerprint density at radius 3 is 2.80 bits per heavy atom. The minimum Gasteiger partial charge on any atom is -0.478 e. The summed E-state index contributed by atoms with van der Waals surface area (Å²) in [6, 6.07) is 8.00. The first-order valence-corrected chi connectivity index (χ1v) is 8.26. The third-order valence-electron chi connectivity index (χ3n) is 4.26. The molecule has 1 aliphatic heterocycles. The van der Waals surface area contributed by atoms with Crippen LogP contribution in [0.5, 0.6) is 0 Å². The fourth-order valence-electron chi connectivity index (χ4n) is 2.97. The molecular formula is C18H21N3O4. The number of carbonyl (C=O) groups is 2. The van der Waals surface area contributed by atoms with Crippen LogP contribution in [0, 0.1) is 6.92 Å². The monoisotopic (exact) mass is 343 g/mol. The van der Waals surface area contributed by atoms with Gasteiger partial charge < -0.3 is 15.2 Å². The number of nitrogens with zero attached hydrogens (tertiary/aromatic N) is 2. The van der Waals surface area contributed by atoms with Crippen molar-refractivity contribution < 1.29 is 19.4 Å². The van der Waals surface area contributed by atoms with Gasteiger partial charge in [-0.2, -0.15) is 5.10 Å². The zero-order valence-corrected chi connectivity index (χ0v) is 14.0. The molecule has 0 radical (unpaired) electrons. The van der Waals surface area contributed by atoms with Gasteiger partial charge in [0.1, 0.15) is 12.6 Å². The van der Waals surface area contributed by atoms with Crippen LogP contribution in [0.25, 0.3) is 0 Å². The van der Waals surface area contributed by atoms with E-state index >= 15 is 0 Å². The smallest absolute Gasteiger partial charge is 0.338 e. The Morgan fingerprint density at radius 1 is 1.36 bits per heavy atom. The number of ether oxygens (including phenoxy) is 1. The Hall–Kier alpha value is -2.67. The molecule has 2 atom stereocenters. The lowest BCUT2D eigenvalue weighted by molar-refractivity contribution is -0.125. The molecule has 25 heavy (non-hydrogen) atoms. The number of rotatable bonds is 5. The molecule has 3 rings (SSSR count). The summed E-state index contributed by atoms with van der Waals surface area (Å²) in [5.41, 5.74) is 2.28. The molecule has 7 nitrogen and oxygen atoms in total. The van der Waals surface area contributed by atoms with Crippen molar-refractivity contribution in [1.82, 2.24) is 15.1 Å². The summed E-state index contributed by atoms with van der Waals surface area (Å²) in [5, 5.41) is 15.8. The number of nitrogens with one attached hydrogen (secondary N) is 1. The van der Waals surface area contributed by atoms with Crippen LogP contribution in [-0.4, -0.2) is 39.4 Å². The summed E-state index contributed by atoms with van der Waals surface area (Å²) in [5.74, 6) is -1.28. The van der Waals surface area contributed by atoms with Crippen molar-refractivity contribution in [2.75, 3.05) is 6.61 Å². The third-order valence-corrected chi connectivity index (χ3v) is 4.26. The van der Waals surface area contributed by atoms with Crippen LogP contribution in [0.3, 0.4) is 0 Å². The van der Waals surface area contributed by atoms with E-state index in [2.05, 4.69) is 10.4 Å². The topological polar surface area (TPSA) is 93.5 Å². The maximum absolute atomic E-state index is 12.3. The van der Waals surface area contributed by atoms with E-state index in [1.165, 1.54) is 22.6 Å². The van der Waals surface area contributed by atoms with Gasteiger partial charge in [-0.3, -0.25) is 9.48 Å². The third kappa shape index (κ3) is 4.24. The molecule has 0 unspecified atom stereocenters. The normalized spacial score (nSPS) is 20.2. The molecule has 1 fully saturated rings. The average Bonchev–Trinajstić information content (AvgIpc) is 3.05. The van der Waals surface area contributed by atoms with Crippen molar-refractivity contribution >= 4 is 11.9 Å². The zero-order chi connectivity index (χ0) is 17.8. The molecule has 0 aliphatic carbocycles. The predicted molar refractivity (Wildman–Crippen MR) is 90.2 cm³/mol. The Morgan fingerprint density at radius 2 is 2.12 bits per heavy atom. The van der Waals surface area contributed by atoms with Gasteiger partial charge in [0.15, 0.2) is 0 Å². The molecule has 2 aromatic rings. The zero-order valence-electron chi connectivity index (χ0n) is 14.0. The molecule has 2 heterocycles. The van der Waals surface area contributed by atoms with Gasteiger partial charge in [0.05, 0.1) is 17.8 Å². The number of aromatic carboxylic acids is 1. The quantitative estimate of drug-likeness (QED) is 0.865. The van der Waals surface area contributed by atoms with Crippen LogP contribution in [0.15, 0.2) is 36.7 Å². The van der Waals surface area contributed by atoms with Crippen molar-refractivity contribution in [3.63, 3.8) is 0 Å². The fourth-order valence-corrected chi connectivity index (χ4v) is 2.97. The minimum absolute atomic E-state index is 0.0234. The van der Waals surface area contributed by atoms with Gasteiger partial charge in [-0.15, -0.1) is 0 Å². The highest BCUT2D eigenvalue weighted by molar-refractivity contribution is 5.87. The lowest BCUT2D eigenvalue weighted by atomic mass is 9.95. The number of amides is 1. The molecule has 132 valence electrons. The largest absolute Gasteiger partial charge is 0.478 e. The van der Waals surface area contributed by atoms with Crippen molar-refractivity contribution in [2.24, 2.45) is 0 Å².